The van der Waals surface area contributed by atoms with Crippen LogP contribution in [0.4, 0.5) is 10.5 Å². The molecule has 2 rings (SSSR count). The summed E-state index contributed by atoms with van der Waals surface area (Å²) in [4.78, 5) is 25.7. The van der Waals surface area contributed by atoms with Crippen molar-refractivity contribution in [3.8, 4) is 0 Å². The molecular formula is C17H27ClN4O2. The average molecular weight is 355 g/mol. The summed E-state index contributed by atoms with van der Waals surface area (Å²) in [6.07, 6.45) is 2.40. The molecule has 4 N–H and O–H groups in total. The van der Waals surface area contributed by atoms with Crippen molar-refractivity contribution < 1.29 is 9.59 Å². The van der Waals surface area contributed by atoms with Gasteiger partial charge in [-0.3, -0.25) is 4.79 Å². The lowest BCUT2D eigenvalue weighted by atomic mass is 9.98. The quantitative estimate of drug-likeness (QED) is 0.756. The molecule has 1 saturated heterocycles. The van der Waals surface area contributed by atoms with E-state index in [1.165, 1.54) is 0 Å². The van der Waals surface area contributed by atoms with Crippen LogP contribution in [0.25, 0.3) is 0 Å². The Morgan fingerprint density at radius 2 is 2.00 bits per heavy atom. The zero-order valence-electron chi connectivity index (χ0n) is 14.1. The largest absolute Gasteiger partial charge is 0.342 e. The number of rotatable bonds is 5. The van der Waals surface area contributed by atoms with Crippen molar-refractivity contribution >= 4 is 30.0 Å². The summed E-state index contributed by atoms with van der Waals surface area (Å²) < 4.78 is 0. The first-order valence-electron chi connectivity index (χ1n) is 8.18. The minimum Gasteiger partial charge on any atom is -0.342 e. The van der Waals surface area contributed by atoms with Crippen molar-refractivity contribution in [3.05, 3.63) is 29.8 Å². The van der Waals surface area contributed by atoms with Crippen LogP contribution in [0, 0.1) is 12.8 Å². The Balaban J connectivity index is 0.00000288. The van der Waals surface area contributed by atoms with Crippen LogP contribution in [0.3, 0.4) is 0 Å². The fourth-order valence-electron chi connectivity index (χ4n) is 2.79. The molecule has 1 atom stereocenters. The first kappa shape index (κ1) is 20.3. The normalized spacial score (nSPS) is 16.9. The van der Waals surface area contributed by atoms with E-state index in [4.69, 9.17) is 5.73 Å². The van der Waals surface area contributed by atoms with Crippen molar-refractivity contribution in [1.82, 2.24) is 10.2 Å². The number of nitrogens with two attached hydrogens (primary N) is 1. The van der Waals surface area contributed by atoms with Crippen molar-refractivity contribution in [2.75, 3.05) is 31.5 Å². The predicted octanol–water partition coefficient (Wildman–Crippen LogP) is 2.13. The van der Waals surface area contributed by atoms with Gasteiger partial charge in [-0.2, -0.15) is 0 Å². The lowest BCUT2D eigenvalue weighted by Gasteiger charge is -2.32. The Morgan fingerprint density at radius 3 is 2.67 bits per heavy atom. The topological polar surface area (TPSA) is 87.5 Å². The molecule has 1 fully saturated rings. The molecule has 6 nitrogen and oxygen atoms in total. The average Bonchev–Trinajstić information content (AvgIpc) is 2.56. The first-order valence-corrected chi connectivity index (χ1v) is 8.18. The van der Waals surface area contributed by atoms with Crippen LogP contribution in [-0.4, -0.2) is 43.0 Å². The summed E-state index contributed by atoms with van der Waals surface area (Å²) >= 11 is 0. The minimum absolute atomic E-state index is 0. The van der Waals surface area contributed by atoms with E-state index in [2.05, 4.69) is 10.6 Å². The number of anilines is 1. The molecule has 1 heterocycles. The molecular weight excluding hydrogens is 328 g/mol. The van der Waals surface area contributed by atoms with E-state index in [0.29, 0.717) is 32.0 Å². The number of carbonyl (C=O) groups is 2. The van der Waals surface area contributed by atoms with E-state index in [9.17, 15) is 9.59 Å². The highest BCUT2D eigenvalue weighted by Gasteiger charge is 2.23. The molecule has 134 valence electrons. The lowest BCUT2D eigenvalue weighted by molar-refractivity contribution is -0.132. The van der Waals surface area contributed by atoms with Gasteiger partial charge in [-0.25, -0.2) is 4.79 Å². The second-order valence-electron chi connectivity index (χ2n) is 6.09. The fraction of sp³-hybridized carbons (Fsp3) is 0.529. The number of nitrogens with one attached hydrogen (secondary N) is 2. The van der Waals surface area contributed by atoms with Crippen molar-refractivity contribution in [2.45, 2.75) is 26.2 Å². The molecule has 24 heavy (non-hydrogen) atoms. The molecule has 0 bridgehead atoms. The molecule has 7 heteroatoms. The van der Waals surface area contributed by atoms with E-state index in [1.54, 1.807) is 0 Å². The van der Waals surface area contributed by atoms with Gasteiger partial charge in [0.05, 0.1) is 0 Å². The van der Waals surface area contributed by atoms with Gasteiger partial charge in [-0.15, -0.1) is 12.4 Å². The molecule has 1 aliphatic heterocycles. The Kier molecular flexibility index (Phi) is 8.57. The van der Waals surface area contributed by atoms with E-state index in [1.807, 2.05) is 36.1 Å². The standard InChI is InChI=1S/C17H26N4O2.ClH/c1-13-4-6-15(7-5-13)20-17(23)19-11-14-3-2-10-21(12-14)16(22)8-9-18;/h4-7,14H,2-3,8-12,18H2,1H3,(H2,19,20,23);1H. The van der Waals surface area contributed by atoms with Gasteiger partial charge in [0.15, 0.2) is 0 Å². The van der Waals surface area contributed by atoms with Crippen LogP contribution in [0.2, 0.25) is 0 Å². The highest BCUT2D eigenvalue weighted by molar-refractivity contribution is 5.89. The maximum absolute atomic E-state index is 11.9. The molecule has 0 radical (unpaired) electrons. The van der Waals surface area contributed by atoms with Crippen LogP contribution in [-0.2, 0) is 4.79 Å². The number of hydrogen-bond donors (Lipinski definition) is 3. The number of hydrogen-bond acceptors (Lipinski definition) is 3. The molecule has 3 amide bonds. The predicted molar refractivity (Wildman–Crippen MR) is 98.4 cm³/mol. The van der Waals surface area contributed by atoms with Gasteiger partial charge in [0.25, 0.3) is 0 Å². The van der Waals surface area contributed by atoms with Crippen molar-refractivity contribution in [2.24, 2.45) is 11.7 Å². The molecule has 0 aliphatic carbocycles. The van der Waals surface area contributed by atoms with Gasteiger partial charge < -0.3 is 21.3 Å². The number of likely N-dealkylation sites (tertiary alicyclic amines) is 1. The second kappa shape index (κ2) is 10.2. The highest BCUT2D eigenvalue weighted by atomic mass is 35.5. The summed E-state index contributed by atoms with van der Waals surface area (Å²) in [5, 5.41) is 5.71. The number of urea groups is 1. The van der Waals surface area contributed by atoms with Crippen LogP contribution < -0.4 is 16.4 Å². The van der Waals surface area contributed by atoms with Crippen molar-refractivity contribution in [1.29, 1.82) is 0 Å². The second-order valence-corrected chi connectivity index (χ2v) is 6.09. The number of nitrogens with zero attached hydrogens (tertiary/aromatic N) is 1. The van der Waals surface area contributed by atoms with E-state index in [0.717, 1.165) is 30.6 Å². The summed E-state index contributed by atoms with van der Waals surface area (Å²) in [5.74, 6) is 0.413. The third-order valence-electron chi connectivity index (χ3n) is 4.09. The molecule has 1 unspecified atom stereocenters. The molecule has 0 saturated carbocycles. The van der Waals surface area contributed by atoms with Gasteiger partial charge in [-0.05, 0) is 37.8 Å². The van der Waals surface area contributed by atoms with Crippen LogP contribution in [0.15, 0.2) is 24.3 Å². The molecule has 0 aromatic heterocycles. The Morgan fingerprint density at radius 1 is 1.29 bits per heavy atom. The Labute approximate surface area is 149 Å². The number of amides is 3. The Bertz CT molecular complexity index is 536. The number of aryl methyl sites for hydroxylation is 1. The number of carbonyl (C=O) groups excluding carboxylic acids is 2. The summed E-state index contributed by atoms with van der Waals surface area (Å²) in [6.45, 7) is 4.46. The SMILES string of the molecule is Cc1ccc(NC(=O)NCC2CCCN(C(=O)CCN)C2)cc1.Cl. The number of benzene rings is 1. The monoisotopic (exact) mass is 354 g/mol. The van der Waals surface area contributed by atoms with E-state index >= 15 is 0 Å². The minimum atomic E-state index is -0.209. The summed E-state index contributed by atoms with van der Waals surface area (Å²) in [6, 6.07) is 7.46. The van der Waals surface area contributed by atoms with Gasteiger partial charge in [0.1, 0.15) is 0 Å². The smallest absolute Gasteiger partial charge is 0.319 e. The number of piperidine rings is 1. The summed E-state index contributed by atoms with van der Waals surface area (Å²) in [5.41, 5.74) is 7.37. The Hall–Kier alpha value is -1.79. The summed E-state index contributed by atoms with van der Waals surface area (Å²) in [7, 11) is 0. The van der Waals surface area contributed by atoms with E-state index in [-0.39, 0.29) is 24.3 Å². The fourth-order valence-corrected chi connectivity index (χ4v) is 2.79. The van der Waals surface area contributed by atoms with Gasteiger partial charge in [0.2, 0.25) is 5.91 Å². The van der Waals surface area contributed by atoms with Crippen molar-refractivity contribution in [3.63, 3.8) is 0 Å². The first-order chi connectivity index (χ1) is 11.1. The zero-order chi connectivity index (χ0) is 16.7. The van der Waals surface area contributed by atoms with Crippen LogP contribution in [0.1, 0.15) is 24.8 Å². The third kappa shape index (κ3) is 6.37. The van der Waals surface area contributed by atoms with Crippen LogP contribution in [0.5, 0.6) is 0 Å². The lowest BCUT2D eigenvalue weighted by Crippen LogP contribution is -2.44. The molecule has 1 aromatic rings. The number of halogens is 1. The van der Waals surface area contributed by atoms with Gasteiger partial charge in [0, 0.05) is 38.3 Å². The molecule has 0 spiro atoms. The molecule has 1 aromatic carbocycles. The maximum atomic E-state index is 11.9. The van der Waals surface area contributed by atoms with E-state index < -0.39 is 0 Å². The third-order valence-corrected chi connectivity index (χ3v) is 4.09. The zero-order valence-corrected chi connectivity index (χ0v) is 14.9. The van der Waals surface area contributed by atoms with Gasteiger partial charge in [-0.1, -0.05) is 17.7 Å². The van der Waals surface area contributed by atoms with Crippen LogP contribution >= 0.6 is 12.4 Å². The maximum Gasteiger partial charge on any atom is 0.319 e. The van der Waals surface area contributed by atoms with Gasteiger partial charge >= 0.3 is 6.03 Å². The molecule has 1 aliphatic rings. The highest BCUT2D eigenvalue weighted by Crippen LogP contribution is 2.16.